The molecule has 1 aliphatic heterocycles. The summed E-state index contributed by atoms with van der Waals surface area (Å²) in [5.41, 5.74) is 1.51. The zero-order valence-electron chi connectivity index (χ0n) is 12.6. The first-order chi connectivity index (χ1) is 11.6. The van der Waals surface area contributed by atoms with Gasteiger partial charge in [-0.1, -0.05) is 18.2 Å². The standard InChI is InChI=1S/C16H12FN5O2/c1-21-19-14(18-20-21)12-8-9(17)6-7-13(12)22-15(23)10-4-2-3-5-11(10)16(22)24/h2-8,15,23H,1H3. The Bertz CT molecular complexity index is 955. The summed E-state index contributed by atoms with van der Waals surface area (Å²) in [6.07, 6.45) is -1.16. The van der Waals surface area contributed by atoms with Gasteiger partial charge in [0, 0.05) is 16.7 Å². The molecular formula is C16H12FN5O2. The lowest BCUT2D eigenvalue weighted by Gasteiger charge is -2.23. The van der Waals surface area contributed by atoms with Crippen LogP contribution in [-0.4, -0.2) is 31.2 Å². The molecule has 1 amide bonds. The van der Waals surface area contributed by atoms with Crippen molar-refractivity contribution in [3.63, 3.8) is 0 Å². The average molecular weight is 325 g/mol. The Kier molecular flexibility index (Phi) is 3.14. The lowest BCUT2D eigenvalue weighted by molar-refractivity contribution is 0.0935. The summed E-state index contributed by atoms with van der Waals surface area (Å²) in [4.78, 5) is 15.1. The van der Waals surface area contributed by atoms with E-state index in [9.17, 15) is 14.3 Å². The Labute approximate surface area is 135 Å². The van der Waals surface area contributed by atoms with Gasteiger partial charge in [0.15, 0.2) is 6.23 Å². The number of aliphatic hydroxyl groups is 1. The normalized spacial score (nSPS) is 16.5. The minimum atomic E-state index is -1.16. The lowest BCUT2D eigenvalue weighted by atomic mass is 10.1. The Morgan fingerprint density at radius 3 is 2.67 bits per heavy atom. The fourth-order valence-corrected chi connectivity index (χ4v) is 2.83. The SMILES string of the molecule is Cn1nnc(-c2cc(F)ccc2N2C(=O)c3ccccc3C2O)n1. The van der Waals surface area contributed by atoms with Crippen molar-refractivity contribution in [1.82, 2.24) is 20.2 Å². The molecule has 24 heavy (non-hydrogen) atoms. The molecule has 1 aromatic heterocycles. The molecule has 120 valence electrons. The van der Waals surface area contributed by atoms with Crippen LogP contribution in [-0.2, 0) is 7.05 Å². The third-order valence-corrected chi connectivity index (χ3v) is 3.90. The molecular weight excluding hydrogens is 313 g/mol. The first-order valence-corrected chi connectivity index (χ1v) is 7.21. The molecule has 8 heteroatoms. The van der Waals surface area contributed by atoms with Gasteiger partial charge in [-0.25, -0.2) is 4.39 Å². The van der Waals surface area contributed by atoms with Gasteiger partial charge in [-0.3, -0.25) is 9.69 Å². The topological polar surface area (TPSA) is 84.1 Å². The number of tetrazole rings is 1. The predicted molar refractivity (Wildman–Crippen MR) is 82.4 cm³/mol. The molecule has 0 radical (unpaired) electrons. The van der Waals surface area contributed by atoms with Crippen molar-refractivity contribution in [1.29, 1.82) is 0 Å². The largest absolute Gasteiger partial charge is 0.369 e. The van der Waals surface area contributed by atoms with E-state index >= 15 is 0 Å². The number of hydrogen-bond acceptors (Lipinski definition) is 5. The van der Waals surface area contributed by atoms with Crippen LogP contribution in [0.3, 0.4) is 0 Å². The van der Waals surface area contributed by atoms with Crippen molar-refractivity contribution in [2.24, 2.45) is 7.05 Å². The number of aromatic nitrogens is 4. The number of carbonyl (C=O) groups is 1. The number of aryl methyl sites for hydroxylation is 1. The second-order valence-corrected chi connectivity index (χ2v) is 5.40. The van der Waals surface area contributed by atoms with Crippen LogP contribution >= 0.6 is 0 Å². The molecule has 0 saturated carbocycles. The summed E-state index contributed by atoms with van der Waals surface area (Å²) in [6, 6.07) is 10.7. The third kappa shape index (κ3) is 2.08. The van der Waals surface area contributed by atoms with Crippen LogP contribution in [0.5, 0.6) is 0 Å². The Morgan fingerprint density at radius 2 is 1.96 bits per heavy atom. The zero-order chi connectivity index (χ0) is 16.8. The van der Waals surface area contributed by atoms with Gasteiger partial charge in [0.1, 0.15) is 5.82 Å². The molecule has 1 aliphatic rings. The van der Waals surface area contributed by atoms with Crippen LogP contribution in [0.15, 0.2) is 42.5 Å². The summed E-state index contributed by atoms with van der Waals surface area (Å²) in [5, 5.41) is 22.2. The molecule has 1 N–H and O–H groups in total. The maximum absolute atomic E-state index is 13.7. The van der Waals surface area contributed by atoms with Crippen LogP contribution < -0.4 is 4.90 Å². The molecule has 4 rings (SSSR count). The lowest BCUT2D eigenvalue weighted by Crippen LogP contribution is -2.28. The van der Waals surface area contributed by atoms with Gasteiger partial charge < -0.3 is 5.11 Å². The van der Waals surface area contributed by atoms with E-state index < -0.39 is 12.0 Å². The van der Waals surface area contributed by atoms with Crippen molar-refractivity contribution in [3.8, 4) is 11.4 Å². The third-order valence-electron chi connectivity index (χ3n) is 3.90. The molecule has 0 bridgehead atoms. The molecule has 1 atom stereocenters. The van der Waals surface area contributed by atoms with Crippen LogP contribution in [0.25, 0.3) is 11.4 Å². The summed E-state index contributed by atoms with van der Waals surface area (Å²) in [5.74, 6) is -0.697. The molecule has 0 fully saturated rings. The molecule has 0 aliphatic carbocycles. The molecule has 7 nitrogen and oxygen atoms in total. The van der Waals surface area contributed by atoms with Crippen LogP contribution in [0.4, 0.5) is 10.1 Å². The molecule has 3 aromatic rings. The van der Waals surface area contributed by atoms with Gasteiger partial charge in [0.2, 0.25) is 5.82 Å². The number of nitrogens with zero attached hydrogens (tertiary/aromatic N) is 5. The molecule has 0 spiro atoms. The van der Waals surface area contributed by atoms with Crippen molar-refractivity contribution in [3.05, 3.63) is 59.4 Å². The Hall–Kier alpha value is -3.13. The van der Waals surface area contributed by atoms with Crippen LogP contribution in [0, 0.1) is 5.82 Å². The highest BCUT2D eigenvalue weighted by molar-refractivity contribution is 6.12. The number of anilines is 1. The Balaban J connectivity index is 1.88. The summed E-state index contributed by atoms with van der Waals surface area (Å²) >= 11 is 0. The maximum atomic E-state index is 13.7. The minimum absolute atomic E-state index is 0.169. The minimum Gasteiger partial charge on any atom is -0.369 e. The second-order valence-electron chi connectivity index (χ2n) is 5.40. The zero-order valence-corrected chi connectivity index (χ0v) is 12.6. The fourth-order valence-electron chi connectivity index (χ4n) is 2.83. The van der Waals surface area contributed by atoms with E-state index in [4.69, 9.17) is 0 Å². The number of carbonyl (C=O) groups excluding carboxylic acids is 1. The second kappa shape index (κ2) is 5.20. The summed E-state index contributed by atoms with van der Waals surface area (Å²) < 4.78 is 13.7. The monoisotopic (exact) mass is 325 g/mol. The molecule has 0 saturated heterocycles. The Morgan fingerprint density at radius 1 is 1.17 bits per heavy atom. The van der Waals surface area contributed by atoms with E-state index in [1.54, 1.807) is 31.3 Å². The van der Waals surface area contributed by atoms with Gasteiger partial charge >= 0.3 is 0 Å². The first kappa shape index (κ1) is 14.5. The number of benzene rings is 2. The highest BCUT2D eigenvalue weighted by Crippen LogP contribution is 2.39. The fraction of sp³-hybridized carbons (Fsp3) is 0.125. The number of aliphatic hydroxyl groups excluding tert-OH is 1. The summed E-state index contributed by atoms with van der Waals surface area (Å²) in [7, 11) is 1.58. The molecule has 2 heterocycles. The number of rotatable bonds is 2. The maximum Gasteiger partial charge on any atom is 0.261 e. The van der Waals surface area contributed by atoms with Crippen LogP contribution in [0.2, 0.25) is 0 Å². The van der Waals surface area contributed by atoms with E-state index in [0.717, 1.165) is 0 Å². The van der Waals surface area contributed by atoms with Gasteiger partial charge in [-0.2, -0.15) is 4.80 Å². The first-order valence-electron chi connectivity index (χ1n) is 7.21. The highest BCUT2D eigenvalue weighted by atomic mass is 19.1. The van der Waals surface area contributed by atoms with Crippen molar-refractivity contribution in [2.45, 2.75) is 6.23 Å². The molecule has 2 aromatic carbocycles. The molecule has 1 unspecified atom stereocenters. The number of hydrogen-bond donors (Lipinski definition) is 1. The predicted octanol–water partition coefficient (Wildman–Crippen LogP) is 1.67. The van der Waals surface area contributed by atoms with Gasteiger partial charge in [0.05, 0.1) is 12.7 Å². The summed E-state index contributed by atoms with van der Waals surface area (Å²) in [6.45, 7) is 0. The van der Waals surface area contributed by atoms with E-state index in [1.807, 2.05) is 0 Å². The number of halogens is 1. The number of amides is 1. The van der Waals surface area contributed by atoms with E-state index in [0.29, 0.717) is 16.8 Å². The van der Waals surface area contributed by atoms with Crippen LogP contribution in [0.1, 0.15) is 22.1 Å². The van der Waals surface area contributed by atoms with Crippen molar-refractivity contribution < 1.29 is 14.3 Å². The van der Waals surface area contributed by atoms with E-state index in [1.165, 1.54) is 27.9 Å². The smallest absolute Gasteiger partial charge is 0.261 e. The van der Waals surface area contributed by atoms with E-state index in [2.05, 4.69) is 15.4 Å². The quantitative estimate of drug-likeness (QED) is 0.775. The van der Waals surface area contributed by atoms with Gasteiger partial charge in [0.25, 0.3) is 5.91 Å². The number of fused-ring (bicyclic) bond motifs is 1. The highest BCUT2D eigenvalue weighted by Gasteiger charge is 2.37. The van der Waals surface area contributed by atoms with E-state index in [-0.39, 0.29) is 17.3 Å². The van der Waals surface area contributed by atoms with Gasteiger partial charge in [-0.15, -0.1) is 10.2 Å². The average Bonchev–Trinajstić information content (AvgIpc) is 3.11. The van der Waals surface area contributed by atoms with Crippen molar-refractivity contribution >= 4 is 11.6 Å². The van der Waals surface area contributed by atoms with Crippen molar-refractivity contribution in [2.75, 3.05) is 4.90 Å². The van der Waals surface area contributed by atoms with Gasteiger partial charge in [-0.05, 0) is 29.5 Å².